The first-order valence-electron chi connectivity index (χ1n) is 14.8. The summed E-state index contributed by atoms with van der Waals surface area (Å²) in [6.07, 6.45) is 2.54. The van der Waals surface area contributed by atoms with Gasteiger partial charge < -0.3 is 25.7 Å². The van der Waals surface area contributed by atoms with Crippen molar-refractivity contribution in [3.63, 3.8) is 0 Å². The molecule has 0 aromatic heterocycles. The number of phenolic OH excluding ortho intramolecular Hbond substituents is 1. The van der Waals surface area contributed by atoms with Gasteiger partial charge in [0.15, 0.2) is 0 Å². The number of hydrogen-bond acceptors (Lipinski definition) is 7. The van der Waals surface area contributed by atoms with E-state index in [1.807, 2.05) is 43.3 Å². The van der Waals surface area contributed by atoms with Crippen molar-refractivity contribution in [2.75, 3.05) is 23.4 Å². The van der Waals surface area contributed by atoms with Gasteiger partial charge in [0.1, 0.15) is 5.75 Å². The Bertz CT molecular complexity index is 1570. The summed E-state index contributed by atoms with van der Waals surface area (Å²) in [4.78, 5) is 28.6. The van der Waals surface area contributed by atoms with E-state index in [0.29, 0.717) is 41.1 Å². The van der Waals surface area contributed by atoms with Gasteiger partial charge in [-0.15, -0.1) is 0 Å². The Balaban J connectivity index is 1.34. The smallest absolute Gasteiger partial charge is 0.238 e. The molecule has 2 aliphatic rings. The van der Waals surface area contributed by atoms with Gasteiger partial charge in [-0.3, -0.25) is 14.5 Å². The van der Waals surface area contributed by atoms with E-state index >= 15 is 0 Å². The highest BCUT2D eigenvalue weighted by molar-refractivity contribution is 6.32. The number of aromatic hydroxyl groups is 1. The first kappa shape index (κ1) is 31.5. The maximum Gasteiger partial charge on any atom is 0.238 e. The second-order valence-corrected chi connectivity index (χ2v) is 11.7. The molecule has 230 valence electrons. The molecule has 3 aromatic carbocycles. The highest BCUT2D eigenvalue weighted by Crippen LogP contribution is 2.47. The molecule has 0 bridgehead atoms. The Morgan fingerprint density at radius 3 is 2.36 bits per heavy atom. The van der Waals surface area contributed by atoms with Gasteiger partial charge in [0.05, 0.1) is 41.9 Å². The molecule has 1 aliphatic heterocycles. The number of allylic oxidation sites excluding steroid dienone is 1. The first-order valence-corrected chi connectivity index (χ1v) is 15.2. The molecule has 5 N–H and O–H groups in total. The highest BCUT2D eigenvalue weighted by atomic mass is 35.5. The van der Waals surface area contributed by atoms with E-state index < -0.39 is 36.4 Å². The molecule has 1 fully saturated rings. The van der Waals surface area contributed by atoms with Crippen LogP contribution in [0, 0.1) is 17.8 Å². The molecule has 2 amide bonds. The number of carbonyl (C=O) groups excluding carboxylic acids is 2. The van der Waals surface area contributed by atoms with Gasteiger partial charge in [-0.25, -0.2) is 0 Å². The Morgan fingerprint density at radius 1 is 1.02 bits per heavy atom. The number of imide groups is 1. The highest BCUT2D eigenvalue weighted by Gasteiger charge is 2.55. The number of rotatable bonds is 11. The van der Waals surface area contributed by atoms with Crippen LogP contribution in [0.1, 0.15) is 38.2 Å². The number of hydrogen-bond donors (Lipinski definition) is 5. The number of fused-ring (bicyclic) bond motifs is 1. The number of phenols is 1. The number of aliphatic hydroxyl groups is 3. The van der Waals surface area contributed by atoms with E-state index in [4.69, 9.17) is 11.6 Å². The van der Waals surface area contributed by atoms with E-state index in [2.05, 4.69) is 5.32 Å². The summed E-state index contributed by atoms with van der Waals surface area (Å²) in [5.74, 6) is -3.09. The van der Waals surface area contributed by atoms with Crippen LogP contribution in [0.3, 0.4) is 0 Å². The number of nitrogens with zero attached hydrogens (tertiary/aromatic N) is 1. The van der Waals surface area contributed by atoms with Crippen molar-refractivity contribution >= 4 is 46.6 Å². The van der Waals surface area contributed by atoms with Crippen molar-refractivity contribution in [3.8, 4) is 5.75 Å². The van der Waals surface area contributed by atoms with Gasteiger partial charge in [-0.2, -0.15) is 0 Å². The Kier molecular flexibility index (Phi) is 9.86. The van der Waals surface area contributed by atoms with Gasteiger partial charge >= 0.3 is 0 Å². The Morgan fingerprint density at radius 2 is 1.73 bits per heavy atom. The second-order valence-electron chi connectivity index (χ2n) is 11.3. The van der Waals surface area contributed by atoms with Crippen LogP contribution in [0.25, 0.3) is 6.08 Å². The lowest BCUT2D eigenvalue weighted by Gasteiger charge is -2.36. The van der Waals surface area contributed by atoms with Crippen LogP contribution in [0.5, 0.6) is 5.75 Å². The van der Waals surface area contributed by atoms with Gasteiger partial charge in [0, 0.05) is 17.3 Å². The number of amides is 2. The second kappa shape index (κ2) is 13.8. The zero-order valence-electron chi connectivity index (χ0n) is 24.5. The lowest BCUT2D eigenvalue weighted by molar-refractivity contribution is -0.123. The number of halogens is 1. The quantitative estimate of drug-likeness (QED) is 0.135. The predicted molar refractivity (Wildman–Crippen MR) is 172 cm³/mol. The van der Waals surface area contributed by atoms with E-state index in [-0.39, 0.29) is 24.7 Å². The fourth-order valence-corrected chi connectivity index (χ4v) is 6.65. The molecule has 4 atom stereocenters. The molecule has 3 aromatic rings. The minimum Gasteiger partial charge on any atom is -0.508 e. The Labute approximate surface area is 261 Å². The van der Waals surface area contributed by atoms with Crippen LogP contribution in [0.2, 0.25) is 5.02 Å². The minimum absolute atomic E-state index is 0.0744. The monoisotopic (exact) mass is 616 g/mol. The van der Waals surface area contributed by atoms with Gasteiger partial charge in [0.25, 0.3) is 0 Å². The molecule has 0 saturated carbocycles. The van der Waals surface area contributed by atoms with Gasteiger partial charge in [0.2, 0.25) is 11.8 Å². The topological polar surface area (TPSA) is 130 Å². The lowest BCUT2D eigenvalue weighted by atomic mass is 9.68. The third-order valence-electron chi connectivity index (χ3n) is 8.66. The lowest BCUT2D eigenvalue weighted by Crippen LogP contribution is -2.39. The average Bonchev–Trinajstić information content (AvgIpc) is 3.28. The molecule has 44 heavy (non-hydrogen) atoms. The number of anilines is 3. The predicted octanol–water partition coefficient (Wildman–Crippen LogP) is 5.83. The first-order chi connectivity index (χ1) is 21.2. The number of aliphatic hydroxyl groups excluding tert-OH is 3. The molecule has 0 radical (unpaired) electrons. The summed E-state index contributed by atoms with van der Waals surface area (Å²) in [5, 5.41) is 45.6. The molecular formula is C35H37ClN2O6. The molecular weight excluding hydrogens is 580 g/mol. The van der Waals surface area contributed by atoms with Crippen LogP contribution in [0.4, 0.5) is 17.1 Å². The number of nitrogens with one attached hydrogen (secondary N) is 1. The zero-order valence-corrected chi connectivity index (χ0v) is 25.2. The zero-order chi connectivity index (χ0) is 31.4. The van der Waals surface area contributed by atoms with E-state index in [9.17, 15) is 30.0 Å². The van der Waals surface area contributed by atoms with Gasteiger partial charge in [-0.1, -0.05) is 48.4 Å². The SMILES string of the molecule is CC/C(=C\c1ccc(O)cc1Cl)CC[C@@H](O)C1=C(CO)C[C@H]2C(=O)N(c3ccc(Nc4ccccc4)cc3)C(=O)[C@H]2[C@H]1CO. The van der Waals surface area contributed by atoms with Crippen LogP contribution in [-0.2, 0) is 9.59 Å². The molecule has 8 nitrogen and oxygen atoms in total. The molecule has 0 unspecified atom stereocenters. The molecule has 1 heterocycles. The summed E-state index contributed by atoms with van der Waals surface area (Å²) in [6.45, 7) is 1.17. The fourth-order valence-electron chi connectivity index (χ4n) is 6.42. The molecule has 0 spiro atoms. The summed E-state index contributed by atoms with van der Waals surface area (Å²) in [5.41, 5.74) is 4.84. The van der Waals surface area contributed by atoms with Crippen LogP contribution >= 0.6 is 11.6 Å². The minimum atomic E-state index is -1.03. The molecule has 5 rings (SSSR count). The van der Waals surface area contributed by atoms with Crippen LogP contribution in [-0.4, -0.2) is 51.6 Å². The third-order valence-corrected chi connectivity index (χ3v) is 8.98. The van der Waals surface area contributed by atoms with E-state index in [0.717, 1.165) is 22.5 Å². The molecule has 9 heteroatoms. The fraction of sp³-hybridized carbons (Fsp3) is 0.314. The summed E-state index contributed by atoms with van der Waals surface area (Å²) >= 11 is 6.28. The van der Waals surface area contributed by atoms with Crippen molar-refractivity contribution in [1.29, 1.82) is 0 Å². The van der Waals surface area contributed by atoms with Crippen molar-refractivity contribution in [3.05, 3.63) is 100 Å². The van der Waals surface area contributed by atoms with Crippen molar-refractivity contribution in [2.45, 2.75) is 38.7 Å². The maximum absolute atomic E-state index is 13.8. The maximum atomic E-state index is 13.8. The number of carbonyl (C=O) groups is 2. The number of benzene rings is 3. The summed E-state index contributed by atoms with van der Waals surface area (Å²) < 4.78 is 0. The average molecular weight is 617 g/mol. The third kappa shape index (κ3) is 6.44. The van der Waals surface area contributed by atoms with Crippen LogP contribution < -0.4 is 10.2 Å². The Hall–Kier alpha value is -3.95. The number of para-hydroxylation sites is 1. The van der Waals surface area contributed by atoms with Crippen molar-refractivity contribution < 1.29 is 30.0 Å². The molecule has 1 saturated heterocycles. The summed E-state index contributed by atoms with van der Waals surface area (Å²) in [7, 11) is 0. The standard InChI is InChI=1S/C35H37ClN2O6/c1-2-21(16-22-9-14-27(41)18-30(22)36)8-15-31(42)32-23(19-39)17-28-33(29(32)20-40)35(44)38(34(28)43)26-12-10-25(11-13-26)37-24-6-4-3-5-7-24/h3-7,9-14,16,18,28-29,31,33,37,39-42H,2,8,15,17,19-20H2,1H3/b21-16+/t28-,29+,31-,33-/m1/s1. The van der Waals surface area contributed by atoms with E-state index in [1.54, 1.807) is 36.4 Å². The van der Waals surface area contributed by atoms with Crippen LogP contribution in [0.15, 0.2) is 89.5 Å². The molecule has 1 aliphatic carbocycles. The van der Waals surface area contributed by atoms with Crippen molar-refractivity contribution in [1.82, 2.24) is 0 Å². The van der Waals surface area contributed by atoms with Crippen molar-refractivity contribution in [2.24, 2.45) is 17.8 Å². The normalized spacial score (nSPS) is 21.1. The summed E-state index contributed by atoms with van der Waals surface area (Å²) in [6, 6.07) is 21.4. The largest absolute Gasteiger partial charge is 0.508 e. The van der Waals surface area contributed by atoms with Gasteiger partial charge in [-0.05, 0) is 97.0 Å². The van der Waals surface area contributed by atoms with E-state index in [1.165, 1.54) is 11.0 Å².